The molecule has 7 heteroatoms. The molecule has 0 fully saturated rings. The molecule has 1 rings (SSSR count). The molecule has 1 N–H and O–H groups in total. The van der Waals surface area contributed by atoms with E-state index in [0.717, 1.165) is 0 Å². The molecule has 1 aromatic rings. The molecule has 0 saturated heterocycles. The Balaban J connectivity index is 2.51. The van der Waals surface area contributed by atoms with Gasteiger partial charge in [-0.25, -0.2) is 4.98 Å². The van der Waals surface area contributed by atoms with Gasteiger partial charge in [0.05, 0.1) is 18.0 Å². The quantitative estimate of drug-likeness (QED) is 0.847. The van der Waals surface area contributed by atoms with E-state index < -0.39 is 5.97 Å². The van der Waals surface area contributed by atoms with Crippen LogP contribution in [-0.4, -0.2) is 54.1 Å². The number of likely N-dealkylation sites (N-methyl/N-ethyl adjacent to an activating group) is 2. The highest BCUT2D eigenvalue weighted by molar-refractivity contribution is 6.30. The molecule has 1 amide bonds. The summed E-state index contributed by atoms with van der Waals surface area (Å²) in [6, 6.07) is 3.41. The van der Waals surface area contributed by atoms with Gasteiger partial charge in [-0.1, -0.05) is 11.6 Å². The molecule has 0 radical (unpaired) electrons. The van der Waals surface area contributed by atoms with Crippen molar-refractivity contribution in [1.29, 1.82) is 0 Å². The molecular weight excluding hydrogens is 270 g/mol. The standard InChI is InChI=1S/C12H16ClN3O3/c1-15(6-5-12(18)19)11(17)8-16(2)10-4-3-9(13)7-14-10/h3-4,7H,5-6,8H2,1-2H3,(H,18,19). The SMILES string of the molecule is CN(CCC(=O)O)C(=O)CN(C)c1ccc(Cl)cn1. The van der Waals surface area contributed by atoms with Crippen molar-refractivity contribution in [2.45, 2.75) is 6.42 Å². The minimum atomic E-state index is -0.924. The van der Waals surface area contributed by atoms with Gasteiger partial charge in [-0.15, -0.1) is 0 Å². The van der Waals surface area contributed by atoms with Crippen LogP contribution in [0.15, 0.2) is 18.3 Å². The van der Waals surface area contributed by atoms with Gasteiger partial charge in [0.25, 0.3) is 0 Å². The Morgan fingerprint density at radius 1 is 1.37 bits per heavy atom. The summed E-state index contributed by atoms with van der Waals surface area (Å²) in [7, 11) is 3.31. The van der Waals surface area contributed by atoms with E-state index in [4.69, 9.17) is 16.7 Å². The topological polar surface area (TPSA) is 73.7 Å². The molecule has 104 valence electrons. The molecule has 0 aromatic carbocycles. The van der Waals surface area contributed by atoms with Crippen LogP contribution in [0, 0.1) is 0 Å². The zero-order valence-electron chi connectivity index (χ0n) is 10.8. The molecule has 6 nitrogen and oxygen atoms in total. The maximum atomic E-state index is 11.8. The number of aliphatic carboxylic acids is 1. The third kappa shape index (κ3) is 5.13. The third-order valence-corrected chi connectivity index (χ3v) is 2.79. The second-order valence-electron chi connectivity index (χ2n) is 4.15. The zero-order chi connectivity index (χ0) is 14.4. The van der Waals surface area contributed by atoms with Gasteiger partial charge in [-0.2, -0.15) is 0 Å². The lowest BCUT2D eigenvalue weighted by atomic mass is 10.3. The Hall–Kier alpha value is -1.82. The van der Waals surface area contributed by atoms with Crippen molar-refractivity contribution in [2.75, 3.05) is 32.1 Å². The number of amides is 1. The number of anilines is 1. The monoisotopic (exact) mass is 285 g/mol. The number of aromatic nitrogens is 1. The summed E-state index contributed by atoms with van der Waals surface area (Å²) >= 11 is 5.73. The van der Waals surface area contributed by atoms with Gasteiger partial charge in [0.15, 0.2) is 0 Å². The van der Waals surface area contributed by atoms with Crippen LogP contribution in [0.5, 0.6) is 0 Å². The first kappa shape index (κ1) is 15.2. The van der Waals surface area contributed by atoms with Crippen molar-refractivity contribution in [1.82, 2.24) is 9.88 Å². The first-order valence-corrected chi connectivity index (χ1v) is 6.06. The maximum absolute atomic E-state index is 11.8. The predicted octanol–water partition coefficient (Wildman–Crippen LogP) is 1.10. The van der Waals surface area contributed by atoms with Gasteiger partial charge in [-0.05, 0) is 12.1 Å². The van der Waals surface area contributed by atoms with Crippen molar-refractivity contribution >= 4 is 29.3 Å². The Morgan fingerprint density at radius 2 is 2.05 bits per heavy atom. The molecule has 0 bridgehead atoms. The van der Waals surface area contributed by atoms with E-state index in [1.165, 1.54) is 11.1 Å². The summed E-state index contributed by atoms with van der Waals surface area (Å²) in [5.41, 5.74) is 0. The largest absolute Gasteiger partial charge is 0.481 e. The summed E-state index contributed by atoms with van der Waals surface area (Å²) in [6.45, 7) is 0.320. The fourth-order valence-corrected chi connectivity index (χ4v) is 1.50. The van der Waals surface area contributed by atoms with Crippen molar-refractivity contribution < 1.29 is 14.7 Å². The fraction of sp³-hybridized carbons (Fsp3) is 0.417. The maximum Gasteiger partial charge on any atom is 0.305 e. The highest BCUT2D eigenvalue weighted by Gasteiger charge is 2.13. The van der Waals surface area contributed by atoms with Gasteiger partial charge in [-0.3, -0.25) is 9.59 Å². The second kappa shape index (κ2) is 6.94. The molecule has 19 heavy (non-hydrogen) atoms. The normalized spacial score (nSPS) is 10.1. The van der Waals surface area contributed by atoms with E-state index in [9.17, 15) is 9.59 Å². The highest BCUT2D eigenvalue weighted by Crippen LogP contribution is 2.12. The van der Waals surface area contributed by atoms with Crippen LogP contribution < -0.4 is 4.90 Å². The molecular formula is C12H16ClN3O3. The van der Waals surface area contributed by atoms with E-state index in [-0.39, 0.29) is 25.4 Å². The van der Waals surface area contributed by atoms with Crippen LogP contribution in [0.4, 0.5) is 5.82 Å². The zero-order valence-corrected chi connectivity index (χ0v) is 11.6. The Kier molecular flexibility index (Phi) is 5.57. The van der Waals surface area contributed by atoms with E-state index in [1.807, 2.05) is 0 Å². The number of carboxylic acids is 1. The summed E-state index contributed by atoms with van der Waals surface area (Å²) < 4.78 is 0. The van der Waals surface area contributed by atoms with Gasteiger partial charge in [0.2, 0.25) is 5.91 Å². The lowest BCUT2D eigenvalue weighted by molar-refractivity contribution is -0.138. The molecule has 0 unspecified atom stereocenters. The van der Waals surface area contributed by atoms with E-state index in [1.54, 1.807) is 31.1 Å². The first-order chi connectivity index (χ1) is 8.90. The summed E-state index contributed by atoms with van der Waals surface area (Å²) in [5.74, 6) is -0.461. The fourth-order valence-electron chi connectivity index (χ4n) is 1.39. The van der Waals surface area contributed by atoms with Crippen molar-refractivity contribution in [3.05, 3.63) is 23.4 Å². The van der Waals surface area contributed by atoms with Crippen LogP contribution in [0.1, 0.15) is 6.42 Å². The van der Waals surface area contributed by atoms with Crippen molar-refractivity contribution in [3.8, 4) is 0 Å². The number of nitrogens with zero attached hydrogens (tertiary/aromatic N) is 3. The number of pyridine rings is 1. The minimum Gasteiger partial charge on any atom is -0.481 e. The van der Waals surface area contributed by atoms with Crippen LogP contribution >= 0.6 is 11.6 Å². The van der Waals surface area contributed by atoms with Crippen LogP contribution in [-0.2, 0) is 9.59 Å². The molecule has 0 spiro atoms. The second-order valence-corrected chi connectivity index (χ2v) is 4.59. The first-order valence-electron chi connectivity index (χ1n) is 5.68. The molecule has 1 aromatic heterocycles. The lowest BCUT2D eigenvalue weighted by Gasteiger charge is -2.22. The molecule has 0 saturated carbocycles. The minimum absolute atomic E-state index is 0.0643. The van der Waals surface area contributed by atoms with Gasteiger partial charge < -0.3 is 14.9 Å². The van der Waals surface area contributed by atoms with E-state index in [2.05, 4.69) is 4.98 Å². The smallest absolute Gasteiger partial charge is 0.305 e. The summed E-state index contributed by atoms with van der Waals surface area (Å²) in [6.07, 6.45) is 1.44. The van der Waals surface area contributed by atoms with Crippen LogP contribution in [0.3, 0.4) is 0 Å². The summed E-state index contributed by atoms with van der Waals surface area (Å²) in [4.78, 5) is 29.4. The molecule has 0 aliphatic rings. The number of hydrogen-bond donors (Lipinski definition) is 1. The molecule has 0 aliphatic carbocycles. The van der Waals surface area contributed by atoms with E-state index >= 15 is 0 Å². The molecule has 1 heterocycles. The predicted molar refractivity (Wildman–Crippen MR) is 72.4 cm³/mol. The van der Waals surface area contributed by atoms with Gasteiger partial charge >= 0.3 is 5.97 Å². The number of carboxylic acid groups (broad SMARTS) is 1. The summed E-state index contributed by atoms with van der Waals surface area (Å²) in [5, 5.41) is 9.09. The Labute approximate surface area is 116 Å². The molecule has 0 aliphatic heterocycles. The number of hydrogen-bond acceptors (Lipinski definition) is 4. The Morgan fingerprint density at radius 3 is 2.58 bits per heavy atom. The van der Waals surface area contributed by atoms with Gasteiger partial charge in [0, 0.05) is 26.8 Å². The molecule has 0 atom stereocenters. The number of rotatable bonds is 6. The number of carbonyl (C=O) groups is 2. The average Bonchev–Trinajstić information content (AvgIpc) is 2.36. The van der Waals surface area contributed by atoms with E-state index in [0.29, 0.717) is 10.8 Å². The van der Waals surface area contributed by atoms with Crippen LogP contribution in [0.2, 0.25) is 5.02 Å². The van der Waals surface area contributed by atoms with Crippen LogP contribution in [0.25, 0.3) is 0 Å². The van der Waals surface area contributed by atoms with Crippen molar-refractivity contribution in [3.63, 3.8) is 0 Å². The third-order valence-electron chi connectivity index (χ3n) is 2.56. The van der Waals surface area contributed by atoms with Gasteiger partial charge in [0.1, 0.15) is 5.82 Å². The lowest BCUT2D eigenvalue weighted by Crippen LogP contribution is -2.37. The Bertz CT molecular complexity index is 450. The number of carbonyl (C=O) groups excluding carboxylic acids is 1. The number of halogens is 1. The average molecular weight is 286 g/mol. The van der Waals surface area contributed by atoms with Crippen molar-refractivity contribution in [2.24, 2.45) is 0 Å². The highest BCUT2D eigenvalue weighted by atomic mass is 35.5.